The Labute approximate surface area is 247 Å². The molecule has 4 nitrogen and oxygen atoms in total. The van der Waals surface area contributed by atoms with Gasteiger partial charge in [0.15, 0.2) is 15.8 Å². The molecule has 1 saturated heterocycles. The van der Waals surface area contributed by atoms with Crippen LogP contribution in [0.1, 0.15) is 23.6 Å². The first-order chi connectivity index (χ1) is 17.8. The van der Waals surface area contributed by atoms with Crippen molar-refractivity contribution in [1.82, 2.24) is 0 Å². The second-order valence-electron chi connectivity index (χ2n) is 7.96. The van der Waals surface area contributed by atoms with Crippen LogP contribution in [-0.4, -0.2) is 16.8 Å². The Morgan fingerprint density at radius 1 is 1.11 bits per heavy atom. The van der Waals surface area contributed by atoms with Gasteiger partial charge in [0, 0.05) is 14.5 Å². The summed E-state index contributed by atoms with van der Waals surface area (Å²) in [6.45, 7) is 6.69. The molecule has 0 unspecified atom stereocenters. The second-order valence-corrected chi connectivity index (χ2v) is 11.8. The van der Waals surface area contributed by atoms with Crippen LogP contribution in [0, 0.1) is 0 Å². The summed E-state index contributed by atoms with van der Waals surface area (Å²) >= 11 is 19.9. The molecule has 190 valence electrons. The highest BCUT2D eigenvalue weighted by molar-refractivity contribution is 9.10. The summed E-state index contributed by atoms with van der Waals surface area (Å²) < 4.78 is 14.4. The molecule has 37 heavy (non-hydrogen) atoms. The van der Waals surface area contributed by atoms with Gasteiger partial charge in [-0.05, 0) is 88.9 Å². The van der Waals surface area contributed by atoms with Gasteiger partial charge in [-0.3, -0.25) is 9.69 Å². The number of thiocarbonyl (C=S) groups is 1. The number of halogens is 3. The smallest absolute Gasteiger partial charge is 0.270 e. The van der Waals surface area contributed by atoms with Crippen LogP contribution in [0.3, 0.4) is 0 Å². The van der Waals surface area contributed by atoms with Gasteiger partial charge in [0.1, 0.15) is 6.61 Å². The third kappa shape index (κ3) is 6.67. The van der Waals surface area contributed by atoms with Crippen LogP contribution in [-0.2, 0) is 17.8 Å². The molecule has 0 aromatic heterocycles. The van der Waals surface area contributed by atoms with Gasteiger partial charge < -0.3 is 9.47 Å². The van der Waals surface area contributed by atoms with Crippen molar-refractivity contribution >= 4 is 89.4 Å². The molecule has 0 saturated carbocycles. The van der Waals surface area contributed by atoms with E-state index in [0.717, 1.165) is 25.6 Å². The zero-order valence-corrected chi connectivity index (χ0v) is 25.4. The zero-order chi connectivity index (χ0) is 26.5. The fourth-order valence-corrected chi connectivity index (χ4v) is 5.69. The number of nitrogens with zero attached hydrogens (tertiary/aromatic N) is 1. The second kappa shape index (κ2) is 12.6. The van der Waals surface area contributed by atoms with Gasteiger partial charge in [0.2, 0.25) is 0 Å². The van der Waals surface area contributed by atoms with Crippen molar-refractivity contribution in [3.63, 3.8) is 0 Å². The molecular weight excluding hydrogens is 658 g/mol. The Morgan fingerprint density at radius 2 is 1.86 bits per heavy atom. The predicted octanol–water partition coefficient (Wildman–Crippen LogP) is 8.98. The summed E-state index contributed by atoms with van der Waals surface area (Å²) in [6.07, 6.45) is 4.22. The molecule has 1 fully saturated rings. The van der Waals surface area contributed by atoms with Crippen molar-refractivity contribution in [1.29, 1.82) is 0 Å². The van der Waals surface area contributed by atoms with Crippen molar-refractivity contribution in [3.05, 3.63) is 103 Å². The van der Waals surface area contributed by atoms with Gasteiger partial charge >= 0.3 is 0 Å². The zero-order valence-electron chi connectivity index (χ0n) is 19.8. The summed E-state index contributed by atoms with van der Waals surface area (Å²) in [4.78, 5) is 15.3. The molecule has 3 aromatic rings. The van der Waals surface area contributed by atoms with Crippen molar-refractivity contribution in [3.8, 4) is 11.5 Å². The van der Waals surface area contributed by atoms with E-state index < -0.39 is 0 Å². The molecule has 3 aromatic carbocycles. The Kier molecular flexibility index (Phi) is 9.53. The fraction of sp³-hybridized carbons (Fsp3) is 0.143. The lowest BCUT2D eigenvalue weighted by Crippen LogP contribution is -2.27. The quantitative estimate of drug-likeness (QED) is 0.128. The number of anilines is 1. The van der Waals surface area contributed by atoms with Crippen molar-refractivity contribution in [2.24, 2.45) is 0 Å². The van der Waals surface area contributed by atoms with E-state index in [-0.39, 0.29) is 5.91 Å². The van der Waals surface area contributed by atoms with Crippen LogP contribution >= 0.6 is 67.4 Å². The molecule has 0 atom stereocenters. The van der Waals surface area contributed by atoms with Crippen LogP contribution in [0.2, 0.25) is 5.02 Å². The summed E-state index contributed by atoms with van der Waals surface area (Å²) in [7, 11) is 0. The molecule has 1 aliphatic rings. The molecule has 1 amide bonds. The van der Waals surface area contributed by atoms with Gasteiger partial charge in [-0.2, -0.15) is 0 Å². The number of hydrogen-bond donors (Lipinski definition) is 0. The average molecular weight is 680 g/mol. The number of ether oxygens (including phenoxy) is 2. The highest BCUT2D eigenvalue weighted by atomic mass is 79.9. The number of hydrogen-bond acceptors (Lipinski definition) is 5. The molecule has 4 rings (SSSR count). The van der Waals surface area contributed by atoms with Crippen LogP contribution in [0.5, 0.6) is 11.5 Å². The third-order valence-electron chi connectivity index (χ3n) is 5.37. The third-order valence-corrected chi connectivity index (χ3v) is 8.43. The first kappa shape index (κ1) is 27.9. The maximum Gasteiger partial charge on any atom is 0.270 e. The topological polar surface area (TPSA) is 38.8 Å². The average Bonchev–Trinajstić information content (AvgIpc) is 3.14. The maximum atomic E-state index is 13.3. The van der Waals surface area contributed by atoms with E-state index in [2.05, 4.69) is 38.4 Å². The standard InChI is InChI=1S/C28H22Br2ClNO3S2/c1-3-5-19-12-18(13-24(34-4-2)26(19)35-16-17-6-8-20(29)9-7-17)14-25-27(33)32(28(36)37-25)21-10-11-22(30)23(31)15-21/h3,6-15H,1,4-5,16H2,2H3/b25-14-. The molecule has 0 radical (unpaired) electrons. The van der Waals surface area contributed by atoms with E-state index in [0.29, 0.717) is 51.1 Å². The van der Waals surface area contributed by atoms with Crippen LogP contribution in [0.4, 0.5) is 5.69 Å². The minimum atomic E-state index is -0.202. The van der Waals surface area contributed by atoms with E-state index in [9.17, 15) is 4.79 Å². The van der Waals surface area contributed by atoms with Crippen molar-refractivity contribution < 1.29 is 14.3 Å². The largest absolute Gasteiger partial charge is 0.490 e. The molecule has 9 heteroatoms. The van der Waals surface area contributed by atoms with Gasteiger partial charge in [0.05, 0.1) is 22.2 Å². The summed E-state index contributed by atoms with van der Waals surface area (Å²) in [6, 6.07) is 17.2. The van der Waals surface area contributed by atoms with Gasteiger partial charge in [-0.25, -0.2) is 0 Å². The number of carbonyl (C=O) groups excluding carboxylic acids is 1. The van der Waals surface area contributed by atoms with E-state index >= 15 is 0 Å². The first-order valence-electron chi connectivity index (χ1n) is 11.3. The molecule has 1 heterocycles. The number of carbonyl (C=O) groups is 1. The first-order valence-corrected chi connectivity index (χ1v) is 14.5. The lowest BCUT2D eigenvalue weighted by atomic mass is 10.0. The summed E-state index contributed by atoms with van der Waals surface area (Å²) in [5, 5.41) is 0.504. The lowest BCUT2D eigenvalue weighted by Gasteiger charge is -2.17. The van der Waals surface area contributed by atoms with E-state index in [1.54, 1.807) is 18.2 Å². The van der Waals surface area contributed by atoms with Gasteiger partial charge in [0.25, 0.3) is 5.91 Å². The number of benzene rings is 3. The fourth-order valence-electron chi connectivity index (χ4n) is 3.70. The van der Waals surface area contributed by atoms with Crippen LogP contribution in [0.15, 0.2) is 81.1 Å². The van der Waals surface area contributed by atoms with E-state index in [4.69, 9.17) is 33.3 Å². The van der Waals surface area contributed by atoms with Gasteiger partial charge in [-0.15, -0.1) is 6.58 Å². The van der Waals surface area contributed by atoms with Gasteiger partial charge in [-0.1, -0.05) is 69.7 Å². The highest BCUT2D eigenvalue weighted by Crippen LogP contribution is 2.40. The predicted molar refractivity (Wildman–Crippen MR) is 165 cm³/mol. The van der Waals surface area contributed by atoms with Crippen molar-refractivity contribution in [2.75, 3.05) is 11.5 Å². The number of rotatable bonds is 9. The molecule has 0 aliphatic carbocycles. The number of thioether (sulfide) groups is 1. The lowest BCUT2D eigenvalue weighted by molar-refractivity contribution is -0.113. The minimum Gasteiger partial charge on any atom is -0.490 e. The molecule has 1 aliphatic heterocycles. The molecule has 0 spiro atoms. The molecular formula is C28H22Br2ClNO3S2. The molecule has 0 N–H and O–H groups in total. The Morgan fingerprint density at radius 3 is 2.54 bits per heavy atom. The SMILES string of the molecule is C=CCc1cc(/C=C2\SC(=S)N(c3ccc(Br)c(Cl)c3)C2=O)cc(OCC)c1OCc1ccc(Br)cc1. The minimum absolute atomic E-state index is 0.202. The van der Waals surface area contributed by atoms with Crippen molar-refractivity contribution in [2.45, 2.75) is 20.0 Å². The Bertz CT molecular complexity index is 1390. The monoisotopic (exact) mass is 677 g/mol. The molecule has 0 bridgehead atoms. The summed E-state index contributed by atoms with van der Waals surface area (Å²) in [5.41, 5.74) is 3.39. The van der Waals surface area contributed by atoms with E-state index in [1.165, 1.54) is 16.7 Å². The summed E-state index contributed by atoms with van der Waals surface area (Å²) in [5.74, 6) is 1.08. The highest BCUT2D eigenvalue weighted by Gasteiger charge is 2.33. The Hall–Kier alpha value is -2.10. The van der Waals surface area contributed by atoms with E-state index in [1.807, 2.05) is 55.5 Å². The van der Waals surface area contributed by atoms with Crippen LogP contribution in [0.25, 0.3) is 6.08 Å². The van der Waals surface area contributed by atoms with Crippen LogP contribution < -0.4 is 14.4 Å². The number of amides is 1. The normalized spacial score (nSPS) is 14.4. The number of allylic oxidation sites excluding steroid dienone is 1. The Balaban J connectivity index is 1.66. The maximum absolute atomic E-state index is 13.3.